The quantitative estimate of drug-likeness (QED) is 0.444. The third-order valence-corrected chi connectivity index (χ3v) is 1.76. The summed E-state index contributed by atoms with van der Waals surface area (Å²) >= 11 is -2.99. The SMILES string of the molecule is CC(=O)C(O)(C(C)=O)C(=O)OS(=O)O. The summed E-state index contributed by atoms with van der Waals surface area (Å²) in [4.78, 5) is 32.4. The van der Waals surface area contributed by atoms with Gasteiger partial charge in [-0.1, -0.05) is 0 Å². The van der Waals surface area contributed by atoms with Gasteiger partial charge in [0.25, 0.3) is 5.60 Å². The van der Waals surface area contributed by atoms with E-state index in [9.17, 15) is 23.7 Å². The highest BCUT2D eigenvalue weighted by Gasteiger charge is 2.48. The van der Waals surface area contributed by atoms with Gasteiger partial charge in [0.05, 0.1) is 0 Å². The van der Waals surface area contributed by atoms with Gasteiger partial charge in [0.15, 0.2) is 11.6 Å². The molecule has 0 saturated heterocycles. The van der Waals surface area contributed by atoms with Crippen molar-refractivity contribution in [3.05, 3.63) is 0 Å². The molecule has 0 bridgehead atoms. The number of hydrogen-bond acceptors (Lipinski definition) is 6. The van der Waals surface area contributed by atoms with Gasteiger partial charge >= 0.3 is 17.3 Å². The number of carbonyl (C=O) groups excluding carboxylic acids is 3. The van der Waals surface area contributed by atoms with Crippen molar-refractivity contribution in [2.24, 2.45) is 0 Å². The first-order valence-corrected chi connectivity index (χ1v) is 4.34. The zero-order chi connectivity index (χ0) is 11.5. The van der Waals surface area contributed by atoms with E-state index in [1.807, 2.05) is 0 Å². The smallest absolute Gasteiger partial charge is 0.366 e. The Kier molecular flexibility index (Phi) is 4.05. The summed E-state index contributed by atoms with van der Waals surface area (Å²) in [6.07, 6.45) is 0. The van der Waals surface area contributed by atoms with E-state index in [1.54, 1.807) is 0 Å². The second-order valence-electron chi connectivity index (χ2n) is 2.41. The summed E-state index contributed by atoms with van der Waals surface area (Å²) in [6, 6.07) is 0. The summed E-state index contributed by atoms with van der Waals surface area (Å²) in [7, 11) is 0. The largest absolute Gasteiger partial charge is 0.369 e. The van der Waals surface area contributed by atoms with Gasteiger partial charge in [-0.2, -0.15) is 4.21 Å². The third kappa shape index (κ3) is 2.44. The average Bonchev–Trinajstić information content (AvgIpc) is 2.00. The van der Waals surface area contributed by atoms with Gasteiger partial charge in [-0.15, -0.1) is 0 Å². The van der Waals surface area contributed by atoms with Crippen LogP contribution < -0.4 is 0 Å². The molecule has 8 heteroatoms. The fourth-order valence-electron chi connectivity index (χ4n) is 0.660. The highest BCUT2D eigenvalue weighted by molar-refractivity contribution is 7.74. The van der Waals surface area contributed by atoms with Crippen molar-refractivity contribution in [3.63, 3.8) is 0 Å². The molecule has 80 valence electrons. The highest BCUT2D eigenvalue weighted by atomic mass is 32.2. The summed E-state index contributed by atoms with van der Waals surface area (Å²) in [5.41, 5.74) is -3.00. The molecule has 0 fully saturated rings. The molecule has 0 aliphatic heterocycles. The van der Waals surface area contributed by atoms with Crippen molar-refractivity contribution < 1.29 is 32.4 Å². The van der Waals surface area contributed by atoms with Gasteiger partial charge in [-0.25, -0.2) is 4.79 Å². The molecule has 0 heterocycles. The van der Waals surface area contributed by atoms with Crippen LogP contribution in [0.5, 0.6) is 0 Å². The second-order valence-corrected chi connectivity index (χ2v) is 3.01. The molecule has 0 aromatic rings. The summed E-state index contributed by atoms with van der Waals surface area (Å²) in [6.45, 7) is 1.56. The first kappa shape index (κ1) is 12.9. The summed E-state index contributed by atoms with van der Waals surface area (Å²) in [5.74, 6) is -4.13. The van der Waals surface area contributed by atoms with Crippen molar-refractivity contribution in [1.29, 1.82) is 0 Å². The Morgan fingerprint density at radius 3 is 1.79 bits per heavy atom. The molecule has 0 aliphatic rings. The van der Waals surface area contributed by atoms with Gasteiger partial charge in [-0.05, 0) is 13.8 Å². The van der Waals surface area contributed by atoms with Gasteiger partial charge in [-0.3, -0.25) is 14.1 Å². The van der Waals surface area contributed by atoms with Crippen LogP contribution in [-0.2, 0) is 29.9 Å². The van der Waals surface area contributed by atoms with E-state index >= 15 is 0 Å². The molecular weight excluding hydrogens is 216 g/mol. The van der Waals surface area contributed by atoms with E-state index < -0.39 is 34.5 Å². The standard InChI is InChI=1S/C6H8O7S/c1-3(7)6(10,4(2)8)5(9)13-14(11)12/h10H,1-2H3,(H,11,12). The molecule has 0 spiro atoms. The van der Waals surface area contributed by atoms with Crippen LogP contribution >= 0.6 is 0 Å². The molecular formula is C6H8O7S. The van der Waals surface area contributed by atoms with Crippen LogP contribution in [0.1, 0.15) is 13.8 Å². The predicted molar refractivity (Wildman–Crippen MR) is 43.2 cm³/mol. The maximum atomic E-state index is 10.9. The monoisotopic (exact) mass is 224 g/mol. The van der Waals surface area contributed by atoms with Crippen LogP contribution in [0.3, 0.4) is 0 Å². The van der Waals surface area contributed by atoms with Crippen molar-refractivity contribution in [3.8, 4) is 0 Å². The maximum absolute atomic E-state index is 10.9. The molecule has 0 saturated carbocycles. The fraction of sp³-hybridized carbons (Fsp3) is 0.500. The first-order valence-electron chi connectivity index (χ1n) is 3.31. The molecule has 1 atom stereocenters. The van der Waals surface area contributed by atoms with Gasteiger partial charge in [0, 0.05) is 0 Å². The molecule has 0 rings (SSSR count). The van der Waals surface area contributed by atoms with E-state index in [4.69, 9.17) is 4.55 Å². The third-order valence-electron chi connectivity index (χ3n) is 1.46. The highest BCUT2D eigenvalue weighted by Crippen LogP contribution is 2.11. The lowest BCUT2D eigenvalue weighted by molar-refractivity contribution is -0.166. The van der Waals surface area contributed by atoms with Gasteiger partial charge in [0.2, 0.25) is 0 Å². The molecule has 0 amide bonds. The minimum atomic E-state index is -3.00. The summed E-state index contributed by atoms with van der Waals surface area (Å²) in [5, 5.41) is 9.26. The molecule has 0 aromatic heterocycles. The lowest BCUT2D eigenvalue weighted by Crippen LogP contribution is -2.52. The van der Waals surface area contributed by atoms with Crippen LogP contribution in [0, 0.1) is 0 Å². The Labute approximate surface area is 81.5 Å². The fourth-order valence-corrected chi connectivity index (χ4v) is 0.910. The summed E-state index contributed by atoms with van der Waals surface area (Å²) < 4.78 is 21.8. The number of rotatable bonds is 4. The molecule has 2 N–H and O–H groups in total. The van der Waals surface area contributed by atoms with Gasteiger partial charge in [0.1, 0.15) is 0 Å². The Hall–Kier alpha value is -1.12. The van der Waals surface area contributed by atoms with E-state index in [0.29, 0.717) is 0 Å². The van der Waals surface area contributed by atoms with E-state index in [2.05, 4.69) is 4.18 Å². The van der Waals surface area contributed by atoms with E-state index in [1.165, 1.54) is 0 Å². The Bertz CT molecular complexity index is 293. The minimum Gasteiger partial charge on any atom is -0.366 e. The molecule has 0 aliphatic carbocycles. The van der Waals surface area contributed by atoms with Crippen molar-refractivity contribution in [2.45, 2.75) is 19.4 Å². The van der Waals surface area contributed by atoms with Crippen LogP contribution in [0.4, 0.5) is 0 Å². The van der Waals surface area contributed by atoms with Crippen molar-refractivity contribution in [1.82, 2.24) is 0 Å². The van der Waals surface area contributed by atoms with Crippen LogP contribution in [0.2, 0.25) is 0 Å². The Morgan fingerprint density at radius 1 is 1.21 bits per heavy atom. The van der Waals surface area contributed by atoms with Crippen molar-refractivity contribution in [2.75, 3.05) is 0 Å². The zero-order valence-electron chi connectivity index (χ0n) is 7.34. The number of hydrogen-bond donors (Lipinski definition) is 2. The van der Waals surface area contributed by atoms with E-state index in [-0.39, 0.29) is 0 Å². The van der Waals surface area contributed by atoms with Crippen LogP contribution in [-0.4, -0.2) is 37.0 Å². The minimum absolute atomic E-state index is 0.781. The molecule has 0 radical (unpaired) electrons. The second kappa shape index (κ2) is 4.40. The Balaban J connectivity index is 5.03. The lowest BCUT2D eigenvalue weighted by atomic mass is 9.95. The van der Waals surface area contributed by atoms with Crippen molar-refractivity contribution >= 4 is 28.9 Å². The number of carbonyl (C=O) groups is 3. The number of Topliss-reactive ketones (excluding diaryl/α,β-unsaturated/α-hetero) is 2. The number of aliphatic hydroxyl groups is 1. The maximum Gasteiger partial charge on any atom is 0.369 e. The molecule has 14 heavy (non-hydrogen) atoms. The zero-order valence-corrected chi connectivity index (χ0v) is 8.16. The number of ketones is 2. The van der Waals surface area contributed by atoms with Crippen LogP contribution in [0.15, 0.2) is 0 Å². The van der Waals surface area contributed by atoms with Gasteiger partial charge < -0.3 is 9.29 Å². The average molecular weight is 224 g/mol. The van der Waals surface area contributed by atoms with E-state index in [0.717, 1.165) is 13.8 Å². The van der Waals surface area contributed by atoms with Crippen LogP contribution in [0.25, 0.3) is 0 Å². The topological polar surface area (TPSA) is 118 Å². The molecule has 0 aromatic carbocycles. The molecule has 1 unspecified atom stereocenters. The Morgan fingerprint density at radius 2 is 1.57 bits per heavy atom. The first-order chi connectivity index (χ1) is 6.22. The normalized spacial score (nSPS) is 13.1. The lowest BCUT2D eigenvalue weighted by Gasteiger charge is -2.17. The predicted octanol–water partition coefficient (Wildman–Crippen LogP) is -1.42. The molecule has 7 nitrogen and oxygen atoms in total.